The van der Waals surface area contributed by atoms with Gasteiger partial charge in [0.05, 0.1) is 12.3 Å². The number of unbranched alkanes of at least 4 members (excludes halogenated alkanes) is 11. The quantitative estimate of drug-likeness (QED) is 0.222. The molecule has 25 heavy (non-hydrogen) atoms. The summed E-state index contributed by atoms with van der Waals surface area (Å²) in [4.78, 5) is 15.8. The van der Waals surface area contributed by atoms with Crippen LogP contribution < -0.4 is 4.73 Å². The summed E-state index contributed by atoms with van der Waals surface area (Å²) in [5.74, 6) is 0. The molecular weight excluding hydrogens is 326 g/mol. The van der Waals surface area contributed by atoms with Gasteiger partial charge in [-0.15, -0.1) is 0 Å². The molecule has 0 amide bonds. The van der Waals surface area contributed by atoms with Crippen LogP contribution in [-0.4, -0.2) is 20.6 Å². The van der Waals surface area contributed by atoms with Crippen molar-refractivity contribution < 1.29 is 9.63 Å². The number of anilines is 1. The van der Waals surface area contributed by atoms with Gasteiger partial charge in [-0.05, 0) is 25.1 Å². The fourth-order valence-electron chi connectivity index (χ4n) is 3.08. The maximum Gasteiger partial charge on any atom is 0.306 e. The minimum atomic E-state index is -1.99. The number of rotatable bonds is 16. The minimum absolute atomic E-state index is 0.699. The number of hydrogen-bond acceptors (Lipinski definition) is 3. The predicted octanol–water partition coefficient (Wildman–Crippen LogP) is 5.97. The van der Waals surface area contributed by atoms with Gasteiger partial charge >= 0.3 is 9.20 Å². The standard InChI is InChI=1S/C21H39NO2Si/c1-3-4-5-6-7-8-9-10-11-12-13-17-20-24-22(25(2)23)21-18-15-14-16-19-21/h14-16,18-19,23,25H,3-13,17,20H2,1-2H3. The zero-order valence-corrected chi connectivity index (χ0v) is 17.6. The number of para-hydroxylation sites is 1. The van der Waals surface area contributed by atoms with E-state index in [-0.39, 0.29) is 0 Å². The second kappa shape index (κ2) is 15.4. The van der Waals surface area contributed by atoms with Crippen LogP contribution in [0.25, 0.3) is 0 Å². The molecule has 0 saturated carbocycles. The van der Waals surface area contributed by atoms with Crippen LogP contribution in [0.1, 0.15) is 84.0 Å². The van der Waals surface area contributed by atoms with E-state index < -0.39 is 9.20 Å². The van der Waals surface area contributed by atoms with Crippen molar-refractivity contribution >= 4 is 14.9 Å². The second-order valence-electron chi connectivity index (χ2n) is 7.02. The van der Waals surface area contributed by atoms with E-state index in [1.54, 1.807) is 4.73 Å². The highest BCUT2D eigenvalue weighted by Crippen LogP contribution is 2.16. The van der Waals surface area contributed by atoms with E-state index >= 15 is 0 Å². The van der Waals surface area contributed by atoms with Crippen molar-refractivity contribution in [2.75, 3.05) is 11.3 Å². The van der Waals surface area contributed by atoms with E-state index in [4.69, 9.17) is 4.84 Å². The number of nitrogens with zero attached hydrogens (tertiary/aromatic N) is 1. The fraction of sp³-hybridized carbons (Fsp3) is 0.714. The van der Waals surface area contributed by atoms with Gasteiger partial charge in [-0.2, -0.15) is 0 Å². The monoisotopic (exact) mass is 365 g/mol. The second-order valence-corrected chi connectivity index (χ2v) is 8.75. The Kier molecular flexibility index (Phi) is 13.7. The van der Waals surface area contributed by atoms with Crippen LogP contribution in [0.5, 0.6) is 0 Å². The zero-order valence-electron chi connectivity index (χ0n) is 16.5. The van der Waals surface area contributed by atoms with Crippen LogP contribution in [0.4, 0.5) is 5.69 Å². The molecule has 1 aromatic rings. The lowest BCUT2D eigenvalue weighted by Crippen LogP contribution is -2.37. The third-order valence-electron chi connectivity index (χ3n) is 4.58. The molecule has 0 aromatic heterocycles. The molecule has 0 spiro atoms. The SMILES string of the molecule is CCCCCCCCCCCCCCON(c1ccccc1)[SiH](C)O. The highest BCUT2D eigenvalue weighted by molar-refractivity contribution is 6.52. The molecule has 0 aliphatic carbocycles. The summed E-state index contributed by atoms with van der Waals surface area (Å²) in [5.41, 5.74) is 0.961. The molecule has 1 N–H and O–H groups in total. The third kappa shape index (κ3) is 11.4. The van der Waals surface area contributed by atoms with Crippen molar-refractivity contribution in [3.8, 4) is 0 Å². The summed E-state index contributed by atoms with van der Waals surface area (Å²) >= 11 is 0. The first-order valence-corrected chi connectivity index (χ1v) is 12.6. The summed E-state index contributed by atoms with van der Waals surface area (Å²) in [5, 5.41) is 0. The van der Waals surface area contributed by atoms with Crippen LogP contribution in [0.2, 0.25) is 6.55 Å². The first-order valence-electron chi connectivity index (χ1n) is 10.4. The van der Waals surface area contributed by atoms with Crippen LogP contribution in [0.15, 0.2) is 30.3 Å². The Morgan fingerprint density at radius 2 is 1.28 bits per heavy atom. The lowest BCUT2D eigenvalue weighted by atomic mass is 10.1. The smallest absolute Gasteiger partial charge is 0.306 e. The van der Waals surface area contributed by atoms with Crippen molar-refractivity contribution in [2.24, 2.45) is 0 Å². The highest BCUT2D eigenvalue weighted by atomic mass is 28.3. The molecule has 4 heteroatoms. The van der Waals surface area contributed by atoms with E-state index in [0.717, 1.165) is 12.1 Å². The Hall–Kier alpha value is -0.843. The Morgan fingerprint density at radius 1 is 0.800 bits per heavy atom. The van der Waals surface area contributed by atoms with Crippen LogP contribution in [0.3, 0.4) is 0 Å². The normalized spacial score (nSPS) is 12.3. The minimum Gasteiger partial charge on any atom is -0.416 e. The highest BCUT2D eigenvalue weighted by Gasteiger charge is 2.14. The van der Waals surface area contributed by atoms with Crippen LogP contribution in [0, 0.1) is 0 Å². The van der Waals surface area contributed by atoms with Gasteiger partial charge in [0.25, 0.3) is 0 Å². The largest absolute Gasteiger partial charge is 0.416 e. The Morgan fingerprint density at radius 3 is 1.76 bits per heavy atom. The summed E-state index contributed by atoms with van der Waals surface area (Å²) in [6.45, 7) is 4.84. The average Bonchev–Trinajstić information content (AvgIpc) is 2.62. The zero-order chi connectivity index (χ0) is 18.2. The Balaban J connectivity index is 1.95. The molecule has 1 rings (SSSR count). The van der Waals surface area contributed by atoms with Gasteiger partial charge in [0, 0.05) is 0 Å². The molecule has 0 aliphatic heterocycles. The van der Waals surface area contributed by atoms with Gasteiger partial charge in [-0.25, -0.2) is 0 Å². The average molecular weight is 366 g/mol. The van der Waals surface area contributed by atoms with Gasteiger partial charge in [0.1, 0.15) is 0 Å². The lowest BCUT2D eigenvalue weighted by Gasteiger charge is -2.25. The van der Waals surface area contributed by atoms with Gasteiger partial charge < -0.3 is 4.80 Å². The van der Waals surface area contributed by atoms with Crippen molar-refractivity contribution in [2.45, 2.75) is 90.5 Å². The van der Waals surface area contributed by atoms with E-state index in [0.29, 0.717) is 6.61 Å². The first kappa shape index (κ1) is 22.2. The van der Waals surface area contributed by atoms with Gasteiger partial charge in [-0.1, -0.05) is 95.8 Å². The van der Waals surface area contributed by atoms with Crippen molar-refractivity contribution in [3.05, 3.63) is 30.3 Å². The van der Waals surface area contributed by atoms with Crippen molar-refractivity contribution in [3.63, 3.8) is 0 Å². The van der Waals surface area contributed by atoms with E-state index in [1.807, 2.05) is 36.9 Å². The summed E-state index contributed by atoms with van der Waals surface area (Å²) in [6.07, 6.45) is 16.2. The number of benzene rings is 1. The van der Waals surface area contributed by atoms with Gasteiger partial charge in [0.15, 0.2) is 0 Å². The fourth-order valence-corrected chi connectivity index (χ4v) is 4.00. The molecule has 1 atom stereocenters. The van der Waals surface area contributed by atoms with Crippen molar-refractivity contribution in [1.82, 2.24) is 0 Å². The molecule has 0 fully saturated rings. The molecule has 3 nitrogen and oxygen atoms in total. The maximum atomic E-state index is 10.00. The van der Waals surface area contributed by atoms with E-state index in [1.165, 1.54) is 70.6 Å². The maximum absolute atomic E-state index is 10.00. The molecular formula is C21H39NO2Si. The molecule has 144 valence electrons. The topological polar surface area (TPSA) is 32.7 Å². The Bertz CT molecular complexity index is 400. The number of hydrogen-bond donors (Lipinski definition) is 1. The van der Waals surface area contributed by atoms with E-state index in [9.17, 15) is 4.80 Å². The molecule has 0 radical (unpaired) electrons. The third-order valence-corrected chi connectivity index (χ3v) is 5.70. The van der Waals surface area contributed by atoms with Gasteiger partial charge in [0.2, 0.25) is 0 Å². The van der Waals surface area contributed by atoms with Crippen molar-refractivity contribution in [1.29, 1.82) is 0 Å². The van der Waals surface area contributed by atoms with Crippen LogP contribution in [-0.2, 0) is 4.84 Å². The Labute approximate surface area is 157 Å². The first-order chi connectivity index (χ1) is 12.3. The van der Waals surface area contributed by atoms with Gasteiger partial charge in [-0.3, -0.25) is 9.57 Å². The van der Waals surface area contributed by atoms with E-state index in [2.05, 4.69) is 6.92 Å². The molecule has 0 heterocycles. The molecule has 0 aliphatic rings. The summed E-state index contributed by atoms with van der Waals surface area (Å²) in [7, 11) is -1.99. The molecule has 0 bridgehead atoms. The molecule has 1 aromatic carbocycles. The summed E-state index contributed by atoms with van der Waals surface area (Å²) in [6, 6.07) is 9.92. The molecule has 0 saturated heterocycles. The molecule has 1 unspecified atom stereocenters. The summed E-state index contributed by atoms with van der Waals surface area (Å²) < 4.78 is 1.73. The predicted molar refractivity (Wildman–Crippen MR) is 111 cm³/mol. The van der Waals surface area contributed by atoms with Crippen LogP contribution >= 0.6 is 0 Å². The lowest BCUT2D eigenvalue weighted by molar-refractivity contribution is 0.134.